The highest BCUT2D eigenvalue weighted by atomic mass is 16.1. The Morgan fingerprint density at radius 1 is 1.50 bits per heavy atom. The molecule has 0 aromatic rings. The van der Waals surface area contributed by atoms with Crippen LogP contribution in [0.25, 0.3) is 0 Å². The predicted molar refractivity (Wildman–Crippen MR) is 56.6 cm³/mol. The highest BCUT2D eigenvalue weighted by molar-refractivity contribution is 5.74. The molecule has 0 bridgehead atoms. The van der Waals surface area contributed by atoms with E-state index in [0.717, 1.165) is 25.9 Å². The summed E-state index contributed by atoms with van der Waals surface area (Å²) < 4.78 is 0. The third-order valence-electron chi connectivity index (χ3n) is 3.08. The van der Waals surface area contributed by atoms with Crippen LogP contribution in [0.5, 0.6) is 0 Å². The zero-order chi connectivity index (χ0) is 10.6. The van der Waals surface area contributed by atoms with Crippen LogP contribution in [0.15, 0.2) is 0 Å². The molecule has 0 aromatic carbocycles. The van der Waals surface area contributed by atoms with E-state index < -0.39 is 0 Å². The molecular weight excluding hydrogens is 178 g/mol. The largest absolute Gasteiger partial charge is 0.370 e. The Hall–Kier alpha value is -0.610. The molecule has 1 saturated heterocycles. The number of likely N-dealkylation sites (tertiary alicyclic amines) is 1. The highest BCUT2D eigenvalue weighted by Gasteiger charge is 2.33. The van der Waals surface area contributed by atoms with Gasteiger partial charge >= 0.3 is 0 Å². The molecule has 0 spiro atoms. The van der Waals surface area contributed by atoms with Gasteiger partial charge in [-0.25, -0.2) is 0 Å². The molecule has 0 radical (unpaired) electrons. The first-order chi connectivity index (χ1) is 6.58. The predicted octanol–water partition coefficient (Wildman–Crippen LogP) is -0.0774. The van der Waals surface area contributed by atoms with E-state index in [4.69, 9.17) is 11.5 Å². The summed E-state index contributed by atoms with van der Waals surface area (Å²) in [6.45, 7) is 2.55. The van der Waals surface area contributed by atoms with Gasteiger partial charge in [0.25, 0.3) is 0 Å². The van der Waals surface area contributed by atoms with Gasteiger partial charge in [0.05, 0.1) is 0 Å². The molecule has 14 heavy (non-hydrogen) atoms. The molecular formula is C10H21N3O. The number of primary amides is 1. The van der Waals surface area contributed by atoms with Crippen LogP contribution in [0.3, 0.4) is 0 Å². The van der Waals surface area contributed by atoms with Crippen LogP contribution in [0.2, 0.25) is 0 Å². The molecule has 1 aliphatic heterocycles. The van der Waals surface area contributed by atoms with Gasteiger partial charge in [0, 0.05) is 18.4 Å². The summed E-state index contributed by atoms with van der Waals surface area (Å²) in [5.41, 5.74) is 11.0. The molecule has 1 rings (SSSR count). The number of nitrogens with two attached hydrogens (primary N) is 2. The lowest BCUT2D eigenvalue weighted by molar-refractivity contribution is -0.120. The molecule has 1 fully saturated rings. The Morgan fingerprint density at radius 2 is 2.21 bits per heavy atom. The van der Waals surface area contributed by atoms with Crippen LogP contribution in [-0.2, 0) is 4.79 Å². The van der Waals surface area contributed by atoms with Crippen molar-refractivity contribution < 1.29 is 4.79 Å². The molecule has 1 aliphatic rings. The minimum atomic E-state index is -0.231. The summed E-state index contributed by atoms with van der Waals surface area (Å²) in [5.74, 6) is -0.231. The number of carbonyl (C=O) groups excluding carboxylic acids is 1. The van der Waals surface area contributed by atoms with Gasteiger partial charge in [0.15, 0.2) is 0 Å². The monoisotopic (exact) mass is 199 g/mol. The lowest BCUT2D eigenvalue weighted by Gasteiger charge is -2.32. The Kier molecular flexibility index (Phi) is 3.89. The summed E-state index contributed by atoms with van der Waals surface area (Å²) >= 11 is 0. The van der Waals surface area contributed by atoms with E-state index in [1.54, 1.807) is 0 Å². The maximum Gasteiger partial charge on any atom is 0.218 e. The number of carbonyl (C=O) groups is 1. The van der Waals surface area contributed by atoms with E-state index in [-0.39, 0.29) is 11.3 Å². The van der Waals surface area contributed by atoms with Crippen molar-refractivity contribution in [3.8, 4) is 0 Å². The van der Waals surface area contributed by atoms with Crippen molar-refractivity contribution in [2.24, 2.45) is 16.9 Å². The maximum atomic E-state index is 11.0. The molecule has 4 heteroatoms. The van der Waals surface area contributed by atoms with E-state index in [2.05, 4.69) is 11.9 Å². The fourth-order valence-electron chi connectivity index (χ4n) is 2.37. The molecule has 0 aliphatic carbocycles. The van der Waals surface area contributed by atoms with E-state index in [1.807, 2.05) is 0 Å². The summed E-state index contributed by atoms with van der Waals surface area (Å²) in [4.78, 5) is 13.3. The van der Waals surface area contributed by atoms with E-state index in [0.29, 0.717) is 13.0 Å². The van der Waals surface area contributed by atoms with Gasteiger partial charge in [-0.1, -0.05) is 6.42 Å². The third kappa shape index (κ3) is 2.96. The first kappa shape index (κ1) is 11.5. The van der Waals surface area contributed by atoms with Gasteiger partial charge in [-0.2, -0.15) is 0 Å². The molecule has 4 nitrogen and oxygen atoms in total. The van der Waals surface area contributed by atoms with Crippen molar-refractivity contribution in [1.29, 1.82) is 0 Å². The van der Waals surface area contributed by atoms with Crippen molar-refractivity contribution in [1.82, 2.24) is 4.90 Å². The second-order valence-electron chi connectivity index (χ2n) is 4.54. The Labute approximate surface area is 85.6 Å². The molecule has 0 aromatic heterocycles. The number of amides is 1. The normalized spacial score (nSPS) is 29.9. The molecule has 1 atom stereocenters. The molecule has 1 unspecified atom stereocenters. The van der Waals surface area contributed by atoms with Gasteiger partial charge < -0.3 is 16.4 Å². The Morgan fingerprint density at radius 3 is 2.79 bits per heavy atom. The number of rotatable bonds is 3. The standard InChI is InChI=1S/C10H21N3O/c1-13-5-3-2-4-10(7-11,8-13)6-9(12)14/h2-8,11H2,1H3,(H2,12,14). The number of nitrogens with zero attached hydrogens (tertiary/aromatic N) is 1. The minimum Gasteiger partial charge on any atom is -0.370 e. The molecule has 1 amide bonds. The first-order valence-corrected chi connectivity index (χ1v) is 5.25. The average molecular weight is 199 g/mol. The highest BCUT2D eigenvalue weighted by Crippen LogP contribution is 2.31. The molecule has 0 saturated carbocycles. The molecule has 82 valence electrons. The summed E-state index contributed by atoms with van der Waals surface area (Å²) in [6, 6.07) is 0. The summed E-state index contributed by atoms with van der Waals surface area (Å²) in [7, 11) is 2.08. The quantitative estimate of drug-likeness (QED) is 0.668. The van der Waals surface area contributed by atoms with Crippen LogP contribution in [0.4, 0.5) is 0 Å². The zero-order valence-corrected chi connectivity index (χ0v) is 8.96. The Balaban J connectivity index is 2.68. The van der Waals surface area contributed by atoms with Gasteiger partial charge in [-0.3, -0.25) is 4.79 Å². The van der Waals surface area contributed by atoms with Gasteiger partial charge in [0.2, 0.25) is 5.91 Å². The first-order valence-electron chi connectivity index (χ1n) is 5.25. The second kappa shape index (κ2) is 4.75. The SMILES string of the molecule is CN1CCCCC(CN)(CC(N)=O)C1. The smallest absolute Gasteiger partial charge is 0.218 e. The van der Waals surface area contributed by atoms with Crippen LogP contribution < -0.4 is 11.5 Å². The topological polar surface area (TPSA) is 72.3 Å². The van der Waals surface area contributed by atoms with Gasteiger partial charge in [-0.05, 0) is 33.0 Å². The van der Waals surface area contributed by atoms with Gasteiger partial charge in [0.1, 0.15) is 0 Å². The second-order valence-corrected chi connectivity index (χ2v) is 4.54. The van der Waals surface area contributed by atoms with Crippen LogP contribution >= 0.6 is 0 Å². The van der Waals surface area contributed by atoms with E-state index in [9.17, 15) is 4.79 Å². The van der Waals surface area contributed by atoms with Crippen molar-refractivity contribution in [3.63, 3.8) is 0 Å². The van der Waals surface area contributed by atoms with E-state index in [1.165, 1.54) is 6.42 Å². The zero-order valence-electron chi connectivity index (χ0n) is 8.96. The van der Waals surface area contributed by atoms with Crippen molar-refractivity contribution in [2.45, 2.75) is 25.7 Å². The summed E-state index contributed by atoms with van der Waals surface area (Å²) in [6.07, 6.45) is 3.79. The molecule has 4 N–H and O–H groups in total. The van der Waals surface area contributed by atoms with Crippen LogP contribution in [-0.4, -0.2) is 37.5 Å². The maximum absolute atomic E-state index is 11.0. The minimum absolute atomic E-state index is 0.0723. The lowest BCUT2D eigenvalue weighted by Crippen LogP contribution is -2.42. The van der Waals surface area contributed by atoms with Crippen LogP contribution in [0, 0.1) is 5.41 Å². The van der Waals surface area contributed by atoms with Crippen molar-refractivity contribution in [3.05, 3.63) is 0 Å². The lowest BCUT2D eigenvalue weighted by atomic mass is 9.80. The third-order valence-corrected chi connectivity index (χ3v) is 3.08. The van der Waals surface area contributed by atoms with Crippen LogP contribution in [0.1, 0.15) is 25.7 Å². The van der Waals surface area contributed by atoms with E-state index >= 15 is 0 Å². The van der Waals surface area contributed by atoms with Gasteiger partial charge in [-0.15, -0.1) is 0 Å². The average Bonchev–Trinajstić information content (AvgIpc) is 2.27. The Bertz CT molecular complexity index is 208. The van der Waals surface area contributed by atoms with Crippen molar-refractivity contribution in [2.75, 3.05) is 26.7 Å². The summed E-state index contributed by atoms with van der Waals surface area (Å²) in [5, 5.41) is 0. The fourth-order valence-corrected chi connectivity index (χ4v) is 2.37. The van der Waals surface area contributed by atoms with Crippen molar-refractivity contribution >= 4 is 5.91 Å². The number of hydrogen-bond donors (Lipinski definition) is 2. The fraction of sp³-hybridized carbons (Fsp3) is 0.900. The number of hydrogen-bond acceptors (Lipinski definition) is 3. The molecule has 1 heterocycles.